The number of hydrogen-bond acceptors (Lipinski definition) is 2. The third kappa shape index (κ3) is 2.07. The molecule has 0 unspecified atom stereocenters. The summed E-state index contributed by atoms with van der Waals surface area (Å²) in [6.07, 6.45) is 0.727. The molecule has 3 nitrogen and oxygen atoms in total. The highest BCUT2D eigenvalue weighted by Gasteiger charge is 2.16. The van der Waals surface area contributed by atoms with Crippen molar-refractivity contribution in [2.45, 2.75) is 13.3 Å². The van der Waals surface area contributed by atoms with Crippen molar-refractivity contribution < 1.29 is 4.39 Å². The van der Waals surface area contributed by atoms with Gasteiger partial charge in [-0.25, -0.2) is 4.39 Å². The van der Waals surface area contributed by atoms with E-state index in [0.717, 1.165) is 12.0 Å². The van der Waals surface area contributed by atoms with Crippen LogP contribution < -0.4 is 5.73 Å². The summed E-state index contributed by atoms with van der Waals surface area (Å²) in [5.41, 5.74) is 7.89. The van der Waals surface area contributed by atoms with Gasteiger partial charge in [-0.05, 0) is 24.6 Å². The van der Waals surface area contributed by atoms with E-state index in [4.69, 9.17) is 5.73 Å². The van der Waals surface area contributed by atoms with Gasteiger partial charge in [-0.1, -0.05) is 22.9 Å². The maximum Gasteiger partial charge on any atom is 0.133 e. The molecule has 0 aliphatic heterocycles. The van der Waals surface area contributed by atoms with Gasteiger partial charge in [-0.2, -0.15) is 5.10 Å². The summed E-state index contributed by atoms with van der Waals surface area (Å²) in [7, 11) is 1.76. The molecular weight excluding hydrogens is 285 g/mol. The molecule has 0 radical (unpaired) electrons. The molecule has 0 bridgehead atoms. The largest absolute Gasteiger partial charge is 0.384 e. The first-order valence-electron chi connectivity index (χ1n) is 5.31. The molecule has 17 heavy (non-hydrogen) atoms. The molecule has 0 amide bonds. The Bertz CT molecular complexity index is 563. The van der Waals surface area contributed by atoms with E-state index in [1.165, 1.54) is 6.07 Å². The summed E-state index contributed by atoms with van der Waals surface area (Å²) < 4.78 is 16.2. The molecule has 0 saturated heterocycles. The van der Waals surface area contributed by atoms with Crippen LogP contribution in [-0.4, -0.2) is 9.78 Å². The van der Waals surface area contributed by atoms with Crippen LogP contribution in [0, 0.1) is 5.82 Å². The van der Waals surface area contributed by atoms with Gasteiger partial charge in [0.05, 0.1) is 0 Å². The van der Waals surface area contributed by atoms with Gasteiger partial charge in [-0.3, -0.25) is 4.68 Å². The van der Waals surface area contributed by atoms with E-state index >= 15 is 0 Å². The van der Waals surface area contributed by atoms with Crippen molar-refractivity contribution in [2.75, 3.05) is 5.73 Å². The zero-order valence-corrected chi connectivity index (χ0v) is 11.3. The molecule has 0 aliphatic carbocycles. The summed E-state index contributed by atoms with van der Waals surface area (Å²) in [6, 6.07) is 4.93. The number of aromatic nitrogens is 2. The van der Waals surface area contributed by atoms with Crippen LogP contribution in [0.25, 0.3) is 11.3 Å². The molecule has 90 valence electrons. The molecular formula is C12H13BrFN3. The molecule has 0 atom stereocenters. The Morgan fingerprint density at radius 2 is 2.18 bits per heavy atom. The van der Waals surface area contributed by atoms with E-state index in [0.29, 0.717) is 21.5 Å². The van der Waals surface area contributed by atoms with Crippen LogP contribution in [0.3, 0.4) is 0 Å². The zero-order valence-electron chi connectivity index (χ0n) is 9.67. The lowest BCUT2D eigenvalue weighted by atomic mass is 10.1. The minimum absolute atomic E-state index is 0.299. The first kappa shape index (κ1) is 12.1. The van der Waals surface area contributed by atoms with Crippen molar-refractivity contribution in [1.29, 1.82) is 0 Å². The SMILES string of the molecule is CCc1c(-c2ccc(Br)cc2F)nn(C)c1N. The quantitative estimate of drug-likeness (QED) is 0.925. The summed E-state index contributed by atoms with van der Waals surface area (Å²) in [5.74, 6) is 0.289. The van der Waals surface area contributed by atoms with Crippen molar-refractivity contribution in [2.24, 2.45) is 7.05 Å². The Balaban J connectivity index is 2.64. The van der Waals surface area contributed by atoms with E-state index in [-0.39, 0.29) is 5.82 Å². The van der Waals surface area contributed by atoms with Gasteiger partial charge < -0.3 is 5.73 Å². The van der Waals surface area contributed by atoms with Crippen molar-refractivity contribution in [3.8, 4) is 11.3 Å². The number of benzene rings is 1. The fourth-order valence-corrected chi connectivity index (χ4v) is 2.16. The average molecular weight is 298 g/mol. The summed E-state index contributed by atoms with van der Waals surface area (Å²) in [4.78, 5) is 0. The second-order valence-electron chi connectivity index (χ2n) is 3.81. The second kappa shape index (κ2) is 4.49. The van der Waals surface area contributed by atoms with Crippen LogP contribution in [0.5, 0.6) is 0 Å². The zero-order chi connectivity index (χ0) is 12.6. The van der Waals surface area contributed by atoms with Gasteiger partial charge in [0, 0.05) is 22.6 Å². The smallest absolute Gasteiger partial charge is 0.133 e. The molecule has 5 heteroatoms. The highest BCUT2D eigenvalue weighted by Crippen LogP contribution is 2.30. The standard InChI is InChI=1S/C12H13BrFN3/c1-3-8-11(16-17(2)12(8)15)9-5-4-7(13)6-10(9)14/h4-6H,3,15H2,1-2H3. The molecule has 0 spiro atoms. The van der Waals surface area contributed by atoms with Crippen LogP contribution >= 0.6 is 15.9 Å². The third-order valence-corrected chi connectivity index (χ3v) is 3.23. The van der Waals surface area contributed by atoms with Crippen LogP contribution in [0.2, 0.25) is 0 Å². The van der Waals surface area contributed by atoms with Crippen molar-refractivity contribution in [3.63, 3.8) is 0 Å². The fraction of sp³-hybridized carbons (Fsp3) is 0.250. The summed E-state index contributed by atoms with van der Waals surface area (Å²) in [6.45, 7) is 1.98. The van der Waals surface area contributed by atoms with Crippen molar-refractivity contribution in [1.82, 2.24) is 9.78 Å². The summed E-state index contributed by atoms with van der Waals surface area (Å²) >= 11 is 3.23. The Labute approximate surface area is 108 Å². The van der Waals surface area contributed by atoms with Gasteiger partial charge in [0.15, 0.2) is 0 Å². The normalized spacial score (nSPS) is 10.8. The van der Waals surface area contributed by atoms with E-state index in [9.17, 15) is 4.39 Å². The molecule has 1 aromatic carbocycles. The Morgan fingerprint density at radius 1 is 1.47 bits per heavy atom. The fourth-order valence-electron chi connectivity index (χ4n) is 1.83. The Hall–Kier alpha value is -1.36. The maximum absolute atomic E-state index is 13.9. The van der Waals surface area contributed by atoms with Crippen LogP contribution in [0.15, 0.2) is 22.7 Å². The highest BCUT2D eigenvalue weighted by molar-refractivity contribution is 9.10. The average Bonchev–Trinajstić information content (AvgIpc) is 2.55. The lowest BCUT2D eigenvalue weighted by Gasteiger charge is -2.03. The number of nitrogens with two attached hydrogens (primary N) is 1. The maximum atomic E-state index is 13.9. The third-order valence-electron chi connectivity index (χ3n) is 2.73. The molecule has 2 aromatic rings. The first-order chi connectivity index (χ1) is 8.04. The molecule has 2 N–H and O–H groups in total. The Kier molecular flexibility index (Phi) is 3.19. The number of halogens is 2. The monoisotopic (exact) mass is 297 g/mol. The van der Waals surface area contributed by atoms with Crippen LogP contribution in [0.4, 0.5) is 10.2 Å². The molecule has 0 aliphatic rings. The number of nitrogens with zero attached hydrogens (tertiary/aromatic N) is 2. The molecule has 0 fully saturated rings. The number of hydrogen-bond donors (Lipinski definition) is 1. The number of nitrogen functional groups attached to an aromatic ring is 1. The van der Waals surface area contributed by atoms with Gasteiger partial charge in [0.25, 0.3) is 0 Å². The Morgan fingerprint density at radius 3 is 2.76 bits per heavy atom. The number of anilines is 1. The molecule has 2 rings (SSSR count). The van der Waals surface area contributed by atoms with Crippen LogP contribution in [-0.2, 0) is 13.5 Å². The van der Waals surface area contributed by atoms with E-state index in [1.807, 2.05) is 6.92 Å². The molecule has 1 heterocycles. The first-order valence-corrected chi connectivity index (χ1v) is 6.10. The number of aryl methyl sites for hydroxylation is 1. The predicted molar refractivity (Wildman–Crippen MR) is 70.1 cm³/mol. The van der Waals surface area contributed by atoms with Crippen LogP contribution in [0.1, 0.15) is 12.5 Å². The van der Waals surface area contributed by atoms with E-state index in [2.05, 4.69) is 21.0 Å². The van der Waals surface area contributed by atoms with Gasteiger partial charge >= 0.3 is 0 Å². The second-order valence-corrected chi connectivity index (χ2v) is 4.73. The van der Waals surface area contributed by atoms with E-state index in [1.54, 1.807) is 23.9 Å². The molecule has 1 aromatic heterocycles. The van der Waals surface area contributed by atoms with Crippen molar-refractivity contribution in [3.05, 3.63) is 34.1 Å². The van der Waals surface area contributed by atoms with Gasteiger partial charge in [0.2, 0.25) is 0 Å². The summed E-state index contributed by atoms with van der Waals surface area (Å²) in [5, 5.41) is 4.28. The van der Waals surface area contributed by atoms with Gasteiger partial charge in [-0.15, -0.1) is 0 Å². The lowest BCUT2D eigenvalue weighted by molar-refractivity contribution is 0.629. The van der Waals surface area contributed by atoms with Crippen molar-refractivity contribution >= 4 is 21.7 Å². The van der Waals surface area contributed by atoms with E-state index < -0.39 is 0 Å². The predicted octanol–water partition coefficient (Wildman–Crippen LogP) is 3.13. The minimum Gasteiger partial charge on any atom is -0.384 e. The lowest BCUT2D eigenvalue weighted by Crippen LogP contribution is -1.98. The minimum atomic E-state index is -0.299. The topological polar surface area (TPSA) is 43.8 Å². The highest BCUT2D eigenvalue weighted by atomic mass is 79.9. The van der Waals surface area contributed by atoms with Gasteiger partial charge in [0.1, 0.15) is 17.3 Å². The number of rotatable bonds is 2. The molecule has 0 saturated carbocycles.